The van der Waals surface area contributed by atoms with Crippen LogP contribution in [0.1, 0.15) is 71.3 Å². The average molecular weight is 639 g/mol. The van der Waals surface area contributed by atoms with Gasteiger partial charge in [0.25, 0.3) is 5.91 Å². The van der Waals surface area contributed by atoms with Gasteiger partial charge in [-0.1, -0.05) is 48.9 Å². The predicted molar refractivity (Wildman–Crippen MR) is 156 cm³/mol. The van der Waals surface area contributed by atoms with Crippen LogP contribution in [-0.2, 0) is 30.3 Å². The van der Waals surface area contributed by atoms with Gasteiger partial charge in [0.2, 0.25) is 11.8 Å². The number of rotatable bonds is 10. The van der Waals surface area contributed by atoms with Crippen molar-refractivity contribution in [2.45, 2.75) is 95.5 Å². The maximum atomic E-state index is 13.5. The zero-order valence-electron chi connectivity index (χ0n) is 25.6. The Morgan fingerprint density at radius 3 is 2.18 bits per heavy atom. The number of benzene rings is 2. The van der Waals surface area contributed by atoms with Crippen LogP contribution >= 0.6 is 0 Å². The van der Waals surface area contributed by atoms with Gasteiger partial charge in [0.15, 0.2) is 5.54 Å². The lowest BCUT2D eigenvalue weighted by atomic mass is 9.80. The van der Waals surface area contributed by atoms with Crippen molar-refractivity contribution >= 4 is 40.6 Å². The second kappa shape index (κ2) is 16.2. The number of carboxylic acid groups (broad SMARTS) is 1. The summed E-state index contributed by atoms with van der Waals surface area (Å²) >= 11 is 0. The van der Waals surface area contributed by atoms with Crippen LogP contribution in [0.25, 0.3) is 10.8 Å². The van der Waals surface area contributed by atoms with Crippen LogP contribution < -0.4 is 26.8 Å². The van der Waals surface area contributed by atoms with Crippen molar-refractivity contribution in [2.24, 2.45) is 5.73 Å². The van der Waals surface area contributed by atoms with Crippen molar-refractivity contribution in [2.75, 3.05) is 6.54 Å². The van der Waals surface area contributed by atoms with E-state index in [0.717, 1.165) is 31.1 Å². The second-order valence-corrected chi connectivity index (χ2v) is 11.9. The number of aryl methyl sites for hydroxylation is 1. The largest absolute Gasteiger partial charge is 0.542 e. The molecule has 0 bridgehead atoms. The summed E-state index contributed by atoms with van der Waals surface area (Å²) < 4.78 is 37.0. The molecule has 1 aliphatic carbocycles. The van der Waals surface area contributed by atoms with Gasteiger partial charge in [-0.05, 0) is 62.8 Å². The van der Waals surface area contributed by atoms with E-state index in [-0.39, 0.29) is 6.42 Å². The van der Waals surface area contributed by atoms with E-state index in [1.807, 2.05) is 18.2 Å². The van der Waals surface area contributed by atoms with Gasteiger partial charge in [-0.2, -0.15) is 18.0 Å². The number of alkyl halides is 3. The summed E-state index contributed by atoms with van der Waals surface area (Å²) in [5.41, 5.74) is 4.80. The highest BCUT2D eigenvalue weighted by Gasteiger charge is 2.47. The molecule has 0 aromatic heterocycles. The highest BCUT2D eigenvalue weighted by Crippen LogP contribution is 2.26. The molecule has 6 N–H and O–H groups in total. The van der Waals surface area contributed by atoms with Crippen molar-refractivity contribution in [1.29, 1.82) is 0 Å². The molecule has 4 amide bonds. The number of ether oxygens (including phenoxy) is 1. The molecule has 3 rings (SSSR count). The molecule has 45 heavy (non-hydrogen) atoms. The third-order valence-corrected chi connectivity index (χ3v) is 7.06. The molecule has 11 nitrogen and oxygen atoms in total. The van der Waals surface area contributed by atoms with Crippen molar-refractivity contribution in [3.8, 4) is 0 Å². The van der Waals surface area contributed by atoms with Crippen molar-refractivity contribution in [3.05, 3.63) is 48.0 Å². The average Bonchev–Trinajstić information content (AvgIpc) is 2.94. The Kier molecular flexibility index (Phi) is 13.3. The van der Waals surface area contributed by atoms with E-state index in [4.69, 9.17) is 20.4 Å². The molecule has 2 aromatic rings. The Hall–Kier alpha value is -4.20. The van der Waals surface area contributed by atoms with E-state index in [1.54, 1.807) is 20.8 Å². The molecule has 0 spiro atoms. The van der Waals surface area contributed by atoms with Gasteiger partial charge in [-0.3, -0.25) is 14.4 Å². The van der Waals surface area contributed by atoms with Crippen LogP contribution in [0.4, 0.5) is 18.0 Å². The van der Waals surface area contributed by atoms with Crippen LogP contribution in [0.15, 0.2) is 42.5 Å². The fraction of sp³-hybridized carbons (Fsp3) is 0.516. The number of nitrogens with one attached hydrogen (secondary N) is 2. The first-order valence-corrected chi connectivity index (χ1v) is 14.6. The topological polar surface area (TPSA) is 184 Å². The zero-order valence-corrected chi connectivity index (χ0v) is 25.6. The number of primary amides is 2. The predicted octanol–water partition coefficient (Wildman–Crippen LogP) is 1.75. The van der Waals surface area contributed by atoms with Crippen molar-refractivity contribution in [3.63, 3.8) is 0 Å². The quantitative estimate of drug-likeness (QED) is 0.286. The summed E-state index contributed by atoms with van der Waals surface area (Å²) in [6.07, 6.45) is -1.21. The number of aliphatic carboxylic acids is 1. The SMILES string of the molecule is CC(C)(C)OC(=O)[NH2+]C1(C(=O)N[C@@H](CC(N)=O)C(=O)NCCCc2cccc3ccccc23)CCCCC1.O=C([O-])C(F)(F)F. The molecule has 0 radical (unpaired) electrons. The van der Waals surface area contributed by atoms with Crippen LogP contribution in [0.3, 0.4) is 0 Å². The number of carboxylic acids is 1. The molecule has 0 unspecified atom stereocenters. The third kappa shape index (κ3) is 12.4. The summed E-state index contributed by atoms with van der Waals surface area (Å²) in [4.78, 5) is 59.6. The molecule has 2 aromatic carbocycles. The normalized spacial score (nSPS) is 15.2. The number of quaternary nitrogens is 1. The van der Waals surface area contributed by atoms with Gasteiger partial charge in [0, 0.05) is 19.4 Å². The van der Waals surface area contributed by atoms with E-state index in [0.29, 0.717) is 25.8 Å². The first-order valence-electron chi connectivity index (χ1n) is 14.6. The molecule has 1 aliphatic rings. The number of amides is 4. The maximum Gasteiger partial charge on any atom is 0.514 e. The molecule has 14 heteroatoms. The molecule has 1 atom stereocenters. The summed E-state index contributed by atoms with van der Waals surface area (Å²) in [6.45, 7) is 5.67. The Balaban J connectivity index is 0.000000900. The summed E-state index contributed by atoms with van der Waals surface area (Å²) in [5.74, 6) is -4.64. The van der Waals surface area contributed by atoms with Crippen LogP contribution in [0.5, 0.6) is 0 Å². The highest BCUT2D eigenvalue weighted by atomic mass is 19.4. The molecule has 0 aliphatic heterocycles. The Morgan fingerprint density at radius 2 is 1.60 bits per heavy atom. The maximum absolute atomic E-state index is 13.5. The minimum Gasteiger partial charge on any atom is -0.542 e. The van der Waals surface area contributed by atoms with Crippen LogP contribution in [-0.4, -0.2) is 59.7 Å². The smallest absolute Gasteiger partial charge is 0.514 e. The number of hydrogen-bond donors (Lipinski definition) is 4. The van der Waals surface area contributed by atoms with Gasteiger partial charge in [-0.25, -0.2) is 5.32 Å². The Labute approximate surface area is 259 Å². The molecule has 0 saturated heterocycles. The number of carbonyl (C=O) groups excluding carboxylic acids is 5. The molecular weight excluding hydrogens is 597 g/mol. The van der Waals surface area contributed by atoms with E-state index in [9.17, 15) is 32.3 Å². The van der Waals surface area contributed by atoms with Crippen molar-refractivity contribution in [1.82, 2.24) is 10.6 Å². The van der Waals surface area contributed by atoms with Gasteiger partial charge < -0.3 is 31.0 Å². The molecule has 1 saturated carbocycles. The fourth-order valence-corrected chi connectivity index (χ4v) is 5.01. The van der Waals surface area contributed by atoms with E-state index >= 15 is 0 Å². The third-order valence-electron chi connectivity index (χ3n) is 7.06. The van der Waals surface area contributed by atoms with Gasteiger partial charge in [0.1, 0.15) is 17.6 Å². The van der Waals surface area contributed by atoms with Crippen molar-refractivity contribution < 1.29 is 52.3 Å². The summed E-state index contributed by atoms with van der Waals surface area (Å²) in [6, 6.07) is 13.2. The van der Waals surface area contributed by atoms with Gasteiger partial charge in [-0.15, -0.1) is 0 Å². The van der Waals surface area contributed by atoms with Gasteiger partial charge >= 0.3 is 12.3 Å². The first-order chi connectivity index (χ1) is 20.9. The fourth-order valence-electron chi connectivity index (χ4n) is 5.01. The lowest BCUT2D eigenvalue weighted by molar-refractivity contribution is -0.640. The van der Waals surface area contributed by atoms with Crippen LogP contribution in [0.2, 0.25) is 0 Å². The molecule has 0 heterocycles. The summed E-state index contributed by atoms with van der Waals surface area (Å²) in [7, 11) is 0. The standard InChI is InChI=1S/C29H40N4O5.C2HF3O2/c1-28(2,3)38-27(37)33-29(16-7-4-8-17-29)26(36)32-23(19-24(30)34)25(35)31-18-10-14-21-13-9-12-20-11-5-6-15-22(20)21;3-2(4,5)1(6)7/h5-6,9,11-13,15,23H,4,7-8,10,14,16-19H2,1-3H3,(H2,30,34)(H,31,35)(H,32,36)(H,33,37);(H,6,7)/t23-;/m0./s1. The number of fused-ring (bicyclic) bond motifs is 1. The van der Waals surface area contributed by atoms with E-state index < -0.39 is 53.1 Å². The minimum absolute atomic E-state index is 0.330. The Morgan fingerprint density at radius 1 is 1.00 bits per heavy atom. The highest BCUT2D eigenvalue weighted by molar-refractivity contribution is 5.94. The number of hydrogen-bond acceptors (Lipinski definition) is 7. The number of halogens is 3. The molecule has 1 fully saturated rings. The zero-order chi connectivity index (χ0) is 33.8. The lowest BCUT2D eigenvalue weighted by Gasteiger charge is -2.34. The van der Waals surface area contributed by atoms with E-state index in [2.05, 4.69) is 34.9 Å². The summed E-state index contributed by atoms with van der Waals surface area (Å²) in [5, 5.41) is 18.0. The molecular formula is C31H41F3N4O7. The number of nitrogens with two attached hydrogens (primary N) is 2. The van der Waals surface area contributed by atoms with Crippen LogP contribution in [0, 0.1) is 0 Å². The second-order valence-electron chi connectivity index (χ2n) is 11.9. The lowest BCUT2D eigenvalue weighted by Crippen LogP contribution is -3.03. The Bertz CT molecular complexity index is 1350. The monoisotopic (exact) mass is 638 g/mol. The minimum atomic E-state index is -5.19. The molecule has 248 valence electrons. The van der Waals surface area contributed by atoms with Gasteiger partial charge in [0.05, 0.1) is 6.42 Å². The van der Waals surface area contributed by atoms with E-state index in [1.165, 1.54) is 16.3 Å². The number of carbonyl (C=O) groups is 5. The first kappa shape index (κ1) is 37.0.